The fraction of sp³-hybridized carbons (Fsp3) is 0.188. The number of anilines is 1. The molecular formula is C16H15BrN2S. The first-order valence-electron chi connectivity index (χ1n) is 6.52. The highest BCUT2D eigenvalue weighted by molar-refractivity contribution is 9.10. The van der Waals surface area contributed by atoms with Crippen molar-refractivity contribution in [3.05, 3.63) is 57.5 Å². The SMILES string of the molecule is Cc1cccc(NC(C)c2nc3ccccc3s2)c1Br. The quantitative estimate of drug-likeness (QED) is 0.673. The van der Waals surface area contributed by atoms with Crippen LogP contribution in [-0.4, -0.2) is 4.98 Å². The minimum Gasteiger partial charge on any atom is -0.375 e. The molecule has 0 aliphatic carbocycles. The van der Waals surface area contributed by atoms with Gasteiger partial charge in [0.2, 0.25) is 0 Å². The second kappa shape index (κ2) is 5.54. The zero-order valence-corrected chi connectivity index (χ0v) is 13.8. The van der Waals surface area contributed by atoms with Gasteiger partial charge in [0.1, 0.15) is 5.01 Å². The topological polar surface area (TPSA) is 24.9 Å². The predicted molar refractivity (Wildman–Crippen MR) is 90.5 cm³/mol. The number of nitrogens with zero attached hydrogens (tertiary/aromatic N) is 1. The van der Waals surface area contributed by atoms with Crippen LogP contribution in [0.1, 0.15) is 23.5 Å². The highest BCUT2D eigenvalue weighted by Gasteiger charge is 2.12. The number of para-hydroxylation sites is 1. The lowest BCUT2D eigenvalue weighted by Crippen LogP contribution is -2.06. The average Bonchev–Trinajstić information content (AvgIpc) is 2.88. The van der Waals surface area contributed by atoms with Gasteiger partial charge in [0.05, 0.1) is 16.3 Å². The van der Waals surface area contributed by atoms with Gasteiger partial charge in [-0.1, -0.05) is 24.3 Å². The Kier molecular flexibility index (Phi) is 3.76. The molecule has 1 unspecified atom stereocenters. The van der Waals surface area contributed by atoms with Crippen molar-refractivity contribution in [1.29, 1.82) is 0 Å². The van der Waals surface area contributed by atoms with Crippen molar-refractivity contribution >= 4 is 43.2 Å². The van der Waals surface area contributed by atoms with Crippen LogP contribution < -0.4 is 5.32 Å². The zero-order chi connectivity index (χ0) is 14.1. The van der Waals surface area contributed by atoms with Gasteiger partial charge in [-0.3, -0.25) is 0 Å². The Bertz CT molecular complexity index is 718. The predicted octanol–water partition coefficient (Wildman–Crippen LogP) is 5.54. The van der Waals surface area contributed by atoms with Gasteiger partial charge >= 0.3 is 0 Å². The summed E-state index contributed by atoms with van der Waals surface area (Å²) < 4.78 is 2.35. The number of nitrogens with one attached hydrogen (secondary N) is 1. The van der Waals surface area contributed by atoms with Gasteiger partial charge in [-0.15, -0.1) is 11.3 Å². The highest BCUT2D eigenvalue weighted by Crippen LogP contribution is 2.32. The Hall–Kier alpha value is -1.39. The molecule has 1 atom stereocenters. The van der Waals surface area contributed by atoms with E-state index in [1.54, 1.807) is 11.3 Å². The molecule has 1 N–H and O–H groups in total. The van der Waals surface area contributed by atoms with Gasteiger partial charge in [-0.2, -0.15) is 0 Å². The van der Waals surface area contributed by atoms with Crippen molar-refractivity contribution in [2.45, 2.75) is 19.9 Å². The van der Waals surface area contributed by atoms with E-state index in [2.05, 4.69) is 71.5 Å². The summed E-state index contributed by atoms with van der Waals surface area (Å²) in [6.45, 7) is 4.24. The monoisotopic (exact) mass is 346 g/mol. The standard InChI is InChI=1S/C16H15BrN2S/c1-10-6-5-8-13(15(10)17)18-11(2)16-19-12-7-3-4-9-14(12)20-16/h3-9,11,18H,1-2H3. The van der Waals surface area contributed by atoms with Crippen LogP contribution in [0, 0.1) is 6.92 Å². The van der Waals surface area contributed by atoms with E-state index >= 15 is 0 Å². The smallest absolute Gasteiger partial charge is 0.116 e. The summed E-state index contributed by atoms with van der Waals surface area (Å²) in [7, 11) is 0. The van der Waals surface area contributed by atoms with Crippen LogP contribution in [0.25, 0.3) is 10.2 Å². The van der Waals surface area contributed by atoms with Gasteiger partial charge in [-0.25, -0.2) is 4.98 Å². The zero-order valence-electron chi connectivity index (χ0n) is 11.4. The number of aromatic nitrogens is 1. The maximum Gasteiger partial charge on any atom is 0.116 e. The second-order valence-electron chi connectivity index (χ2n) is 4.82. The summed E-state index contributed by atoms with van der Waals surface area (Å²) in [5, 5.41) is 4.64. The molecule has 3 aromatic rings. The summed E-state index contributed by atoms with van der Waals surface area (Å²) in [5.41, 5.74) is 3.41. The Morgan fingerprint density at radius 3 is 2.75 bits per heavy atom. The van der Waals surface area contributed by atoms with Crippen LogP contribution in [0.3, 0.4) is 0 Å². The Morgan fingerprint density at radius 2 is 1.95 bits per heavy atom. The number of rotatable bonds is 3. The van der Waals surface area contributed by atoms with Crippen LogP contribution in [0.4, 0.5) is 5.69 Å². The normalized spacial score (nSPS) is 12.6. The van der Waals surface area contributed by atoms with Crippen molar-refractivity contribution in [3.63, 3.8) is 0 Å². The third-order valence-electron chi connectivity index (χ3n) is 3.24. The third-order valence-corrected chi connectivity index (χ3v) is 5.52. The van der Waals surface area contributed by atoms with E-state index in [9.17, 15) is 0 Å². The Morgan fingerprint density at radius 1 is 1.15 bits per heavy atom. The van der Waals surface area contributed by atoms with Crippen LogP contribution in [0.2, 0.25) is 0 Å². The molecule has 102 valence electrons. The van der Waals surface area contributed by atoms with Gasteiger partial charge in [0.25, 0.3) is 0 Å². The van der Waals surface area contributed by atoms with E-state index in [-0.39, 0.29) is 6.04 Å². The highest BCUT2D eigenvalue weighted by atomic mass is 79.9. The second-order valence-corrected chi connectivity index (χ2v) is 6.68. The molecule has 1 aromatic heterocycles. The molecule has 0 aliphatic rings. The van der Waals surface area contributed by atoms with E-state index in [4.69, 9.17) is 4.98 Å². The van der Waals surface area contributed by atoms with E-state index in [1.807, 2.05) is 6.07 Å². The molecule has 0 saturated heterocycles. The number of thiazole rings is 1. The van der Waals surface area contributed by atoms with Gasteiger partial charge in [0, 0.05) is 10.2 Å². The number of benzene rings is 2. The minimum atomic E-state index is 0.186. The summed E-state index contributed by atoms with van der Waals surface area (Å²) in [6, 6.07) is 14.7. The first-order valence-corrected chi connectivity index (χ1v) is 8.13. The van der Waals surface area contributed by atoms with E-state index in [0.717, 1.165) is 20.7 Å². The number of fused-ring (bicyclic) bond motifs is 1. The van der Waals surface area contributed by atoms with Crippen LogP contribution in [-0.2, 0) is 0 Å². The van der Waals surface area contributed by atoms with Crippen molar-refractivity contribution in [2.75, 3.05) is 5.32 Å². The van der Waals surface area contributed by atoms with Gasteiger partial charge < -0.3 is 5.32 Å². The van der Waals surface area contributed by atoms with E-state index < -0.39 is 0 Å². The summed E-state index contributed by atoms with van der Waals surface area (Å²) in [5.74, 6) is 0. The summed E-state index contributed by atoms with van der Waals surface area (Å²) in [4.78, 5) is 4.70. The molecule has 0 bridgehead atoms. The lowest BCUT2D eigenvalue weighted by Gasteiger charge is -2.15. The van der Waals surface area contributed by atoms with Crippen molar-refractivity contribution in [2.24, 2.45) is 0 Å². The maximum absolute atomic E-state index is 4.70. The maximum atomic E-state index is 4.70. The van der Waals surface area contributed by atoms with E-state index in [1.165, 1.54) is 10.3 Å². The first kappa shape index (κ1) is 13.6. The Balaban J connectivity index is 1.89. The van der Waals surface area contributed by atoms with Crippen molar-refractivity contribution in [3.8, 4) is 0 Å². The number of aryl methyl sites for hydroxylation is 1. The van der Waals surface area contributed by atoms with Gasteiger partial charge in [-0.05, 0) is 53.5 Å². The minimum absolute atomic E-state index is 0.186. The molecule has 0 fully saturated rings. The summed E-state index contributed by atoms with van der Waals surface area (Å²) in [6.07, 6.45) is 0. The summed E-state index contributed by atoms with van der Waals surface area (Å²) >= 11 is 5.38. The largest absolute Gasteiger partial charge is 0.375 e. The van der Waals surface area contributed by atoms with E-state index in [0.29, 0.717) is 0 Å². The van der Waals surface area contributed by atoms with Crippen LogP contribution >= 0.6 is 27.3 Å². The lowest BCUT2D eigenvalue weighted by atomic mass is 10.2. The fourth-order valence-corrected chi connectivity index (χ4v) is 3.48. The molecule has 2 nitrogen and oxygen atoms in total. The molecule has 0 amide bonds. The molecule has 0 aliphatic heterocycles. The fourth-order valence-electron chi connectivity index (χ4n) is 2.13. The van der Waals surface area contributed by atoms with Crippen LogP contribution in [0.15, 0.2) is 46.9 Å². The van der Waals surface area contributed by atoms with Crippen molar-refractivity contribution in [1.82, 2.24) is 4.98 Å². The molecule has 3 rings (SSSR count). The molecule has 20 heavy (non-hydrogen) atoms. The first-order chi connectivity index (χ1) is 9.65. The average molecular weight is 347 g/mol. The number of halogens is 1. The Labute approximate surface area is 131 Å². The number of hydrogen-bond donors (Lipinski definition) is 1. The van der Waals surface area contributed by atoms with Crippen LogP contribution in [0.5, 0.6) is 0 Å². The molecule has 1 heterocycles. The molecule has 0 spiro atoms. The molecule has 0 saturated carbocycles. The number of hydrogen-bond acceptors (Lipinski definition) is 3. The van der Waals surface area contributed by atoms with Gasteiger partial charge in [0.15, 0.2) is 0 Å². The molecule has 4 heteroatoms. The molecule has 0 radical (unpaired) electrons. The third kappa shape index (κ3) is 2.58. The molecule has 2 aromatic carbocycles. The molecular weight excluding hydrogens is 332 g/mol. The van der Waals surface area contributed by atoms with Crippen molar-refractivity contribution < 1.29 is 0 Å². The lowest BCUT2D eigenvalue weighted by molar-refractivity contribution is 0.873.